The summed E-state index contributed by atoms with van der Waals surface area (Å²) in [6.07, 6.45) is 0.574. The molecule has 1 aromatic carbocycles. The number of nitrogens with zero attached hydrogens (tertiary/aromatic N) is 1. The van der Waals surface area contributed by atoms with Crippen molar-refractivity contribution in [3.05, 3.63) is 52.4 Å². The highest BCUT2D eigenvalue weighted by Gasteiger charge is 2.49. The molecule has 0 N–H and O–H groups in total. The van der Waals surface area contributed by atoms with Crippen LogP contribution in [0.5, 0.6) is 5.75 Å². The van der Waals surface area contributed by atoms with Crippen LogP contribution in [0.4, 0.5) is 13.2 Å². The largest absolute Gasteiger partial charge is 0.534 e. The Morgan fingerprint density at radius 2 is 1.67 bits per heavy atom. The number of alkyl halides is 3. The van der Waals surface area contributed by atoms with Gasteiger partial charge in [-0.1, -0.05) is 18.2 Å². The number of halogens is 3. The van der Waals surface area contributed by atoms with Gasteiger partial charge in [-0.2, -0.15) is 21.6 Å². The second-order valence-corrected chi connectivity index (χ2v) is 9.14. The molecular formula is C15H12F3NO6S2. The monoisotopic (exact) mass is 423 g/mol. The zero-order valence-electron chi connectivity index (χ0n) is 13.4. The number of benzene rings is 1. The Morgan fingerprint density at radius 1 is 1.04 bits per heavy atom. The Bertz CT molecular complexity index is 1150. The molecule has 0 amide bonds. The topological polar surface area (TPSA) is 99.5 Å². The molecule has 3 rings (SSSR count). The Balaban J connectivity index is 2.23. The minimum Gasteiger partial charge on any atom is -0.370 e. The van der Waals surface area contributed by atoms with E-state index < -0.39 is 41.7 Å². The lowest BCUT2D eigenvalue weighted by Gasteiger charge is -2.14. The third kappa shape index (κ3) is 3.34. The van der Waals surface area contributed by atoms with Gasteiger partial charge in [-0.05, 0) is 25.0 Å². The van der Waals surface area contributed by atoms with Crippen LogP contribution in [0.3, 0.4) is 0 Å². The van der Waals surface area contributed by atoms with Gasteiger partial charge in [0.25, 0.3) is 5.56 Å². The molecule has 0 bridgehead atoms. The van der Waals surface area contributed by atoms with Crippen LogP contribution in [-0.4, -0.2) is 26.9 Å². The number of rotatable bonds is 4. The maximum atomic E-state index is 12.9. The zero-order chi connectivity index (χ0) is 20.0. The van der Waals surface area contributed by atoms with Crippen molar-refractivity contribution in [2.75, 3.05) is 0 Å². The smallest absolute Gasteiger partial charge is 0.370 e. The molecule has 7 nitrogen and oxygen atoms in total. The predicted octanol–water partition coefficient (Wildman–Crippen LogP) is 1.86. The fourth-order valence-electron chi connectivity index (χ4n) is 2.74. The van der Waals surface area contributed by atoms with Crippen molar-refractivity contribution in [1.29, 1.82) is 0 Å². The number of fused-ring (bicyclic) bond motifs is 1. The Hall–Kier alpha value is -2.34. The van der Waals surface area contributed by atoms with Crippen LogP contribution in [0.2, 0.25) is 0 Å². The number of pyridine rings is 1. The summed E-state index contributed by atoms with van der Waals surface area (Å²) in [5.74, 6) is -1.22. The first-order valence-electron chi connectivity index (χ1n) is 7.53. The normalized spacial score (nSPS) is 14.8. The summed E-state index contributed by atoms with van der Waals surface area (Å²) in [5.41, 5.74) is -6.80. The van der Waals surface area contributed by atoms with Crippen LogP contribution in [0.25, 0.3) is 0 Å². The molecule has 0 atom stereocenters. The molecular weight excluding hydrogens is 411 g/mol. The molecule has 0 aliphatic carbocycles. The van der Waals surface area contributed by atoms with E-state index in [4.69, 9.17) is 0 Å². The van der Waals surface area contributed by atoms with Crippen LogP contribution in [-0.2, 0) is 32.9 Å². The van der Waals surface area contributed by atoms with Crippen LogP contribution in [0, 0.1) is 0 Å². The minimum absolute atomic E-state index is 0.0365. The summed E-state index contributed by atoms with van der Waals surface area (Å²) >= 11 is 0. The summed E-state index contributed by atoms with van der Waals surface area (Å²) in [4.78, 5) is 11.7. The van der Waals surface area contributed by atoms with E-state index in [0.717, 1.165) is 4.57 Å². The van der Waals surface area contributed by atoms with Crippen LogP contribution < -0.4 is 9.74 Å². The van der Waals surface area contributed by atoms with Crippen molar-refractivity contribution >= 4 is 20.0 Å². The van der Waals surface area contributed by atoms with Gasteiger partial charge in [-0.15, -0.1) is 0 Å². The average Bonchev–Trinajstić information content (AvgIpc) is 3.06. The molecule has 1 aliphatic heterocycles. The highest BCUT2D eigenvalue weighted by atomic mass is 32.2. The molecule has 2 aromatic rings. The summed E-state index contributed by atoms with van der Waals surface area (Å²) in [5, 5.41) is 0. The number of sulfone groups is 1. The number of aromatic nitrogens is 1. The number of hydrogen-bond acceptors (Lipinski definition) is 6. The highest BCUT2D eigenvalue weighted by molar-refractivity contribution is 7.91. The molecule has 2 heterocycles. The Morgan fingerprint density at radius 3 is 2.26 bits per heavy atom. The lowest BCUT2D eigenvalue weighted by Crippen LogP contribution is -2.32. The van der Waals surface area contributed by atoms with Gasteiger partial charge in [0.05, 0.1) is 9.79 Å². The number of hydrogen-bond donors (Lipinski definition) is 0. The van der Waals surface area contributed by atoms with Crippen molar-refractivity contribution in [3.63, 3.8) is 0 Å². The Kier molecular flexibility index (Phi) is 4.58. The van der Waals surface area contributed by atoms with E-state index in [1.807, 2.05) is 0 Å². The van der Waals surface area contributed by atoms with Gasteiger partial charge in [-0.3, -0.25) is 4.79 Å². The van der Waals surface area contributed by atoms with Gasteiger partial charge in [0.15, 0.2) is 0 Å². The minimum atomic E-state index is -6.13. The summed E-state index contributed by atoms with van der Waals surface area (Å²) in [7, 11) is -10.3. The van der Waals surface area contributed by atoms with E-state index in [9.17, 15) is 34.8 Å². The average molecular weight is 423 g/mol. The molecule has 0 saturated carbocycles. The summed E-state index contributed by atoms with van der Waals surface area (Å²) < 4.78 is 90.9. The van der Waals surface area contributed by atoms with E-state index in [-0.39, 0.29) is 23.6 Å². The SMILES string of the molecule is O=c1c(OS(=O)(=O)C(F)(F)F)cc(S(=O)(=O)c2ccccc2)c2n1CCC2. The van der Waals surface area contributed by atoms with E-state index >= 15 is 0 Å². The molecule has 0 radical (unpaired) electrons. The van der Waals surface area contributed by atoms with Gasteiger partial charge in [0.2, 0.25) is 15.6 Å². The van der Waals surface area contributed by atoms with Gasteiger partial charge >= 0.3 is 15.6 Å². The fourth-order valence-corrected chi connectivity index (χ4v) is 4.74. The van der Waals surface area contributed by atoms with Crippen molar-refractivity contribution < 1.29 is 34.2 Å². The predicted molar refractivity (Wildman–Crippen MR) is 86.5 cm³/mol. The van der Waals surface area contributed by atoms with E-state index in [1.165, 1.54) is 24.3 Å². The molecule has 0 saturated heterocycles. The summed E-state index contributed by atoms with van der Waals surface area (Å²) in [6.45, 7) is 0.0365. The first-order chi connectivity index (χ1) is 12.4. The van der Waals surface area contributed by atoms with Crippen LogP contribution >= 0.6 is 0 Å². The standard InChI is InChI=1S/C15H12F3NO6S2/c16-15(17,18)27(23,24)25-12-9-13(11-7-4-8-19(11)14(12)20)26(21,22)10-5-2-1-3-6-10/h1-3,5-6,9H,4,7-8H2. The van der Waals surface area contributed by atoms with Crippen molar-refractivity contribution in [2.45, 2.75) is 34.7 Å². The van der Waals surface area contributed by atoms with Gasteiger partial charge in [0, 0.05) is 18.3 Å². The van der Waals surface area contributed by atoms with E-state index in [0.29, 0.717) is 12.5 Å². The molecule has 0 fully saturated rings. The lowest BCUT2D eigenvalue weighted by atomic mass is 10.3. The van der Waals surface area contributed by atoms with Gasteiger partial charge in [0.1, 0.15) is 0 Å². The second-order valence-electron chi connectivity index (χ2n) is 5.68. The third-order valence-electron chi connectivity index (χ3n) is 3.95. The second kappa shape index (κ2) is 6.37. The molecule has 1 aromatic heterocycles. The van der Waals surface area contributed by atoms with Crippen molar-refractivity contribution in [2.24, 2.45) is 0 Å². The van der Waals surface area contributed by atoms with Gasteiger partial charge in [-0.25, -0.2) is 8.42 Å². The molecule has 1 aliphatic rings. The quantitative estimate of drug-likeness (QED) is 0.550. The maximum absolute atomic E-state index is 12.9. The third-order valence-corrected chi connectivity index (χ3v) is 6.74. The maximum Gasteiger partial charge on any atom is 0.534 e. The lowest BCUT2D eigenvalue weighted by molar-refractivity contribution is -0.0500. The van der Waals surface area contributed by atoms with Crippen molar-refractivity contribution in [3.8, 4) is 5.75 Å². The van der Waals surface area contributed by atoms with Gasteiger partial charge < -0.3 is 8.75 Å². The van der Waals surface area contributed by atoms with Crippen LogP contribution in [0.1, 0.15) is 12.1 Å². The van der Waals surface area contributed by atoms with Crippen LogP contribution in [0.15, 0.2) is 51.0 Å². The molecule has 146 valence electrons. The first-order valence-corrected chi connectivity index (χ1v) is 10.4. The zero-order valence-corrected chi connectivity index (χ0v) is 15.1. The van der Waals surface area contributed by atoms with E-state index in [1.54, 1.807) is 6.07 Å². The molecule has 0 unspecified atom stereocenters. The molecule has 0 spiro atoms. The highest BCUT2D eigenvalue weighted by Crippen LogP contribution is 2.31. The fraction of sp³-hybridized carbons (Fsp3) is 0.267. The Labute approximate surface area is 152 Å². The molecule has 27 heavy (non-hydrogen) atoms. The van der Waals surface area contributed by atoms with Crippen molar-refractivity contribution in [1.82, 2.24) is 4.57 Å². The molecule has 12 heteroatoms. The first kappa shape index (κ1) is 19.4. The summed E-state index contributed by atoms with van der Waals surface area (Å²) in [6, 6.07) is 7.58. The van der Waals surface area contributed by atoms with E-state index in [2.05, 4.69) is 4.18 Å².